The molecule has 1 aromatic heterocycles. The topological polar surface area (TPSA) is 70.1 Å². The van der Waals surface area contributed by atoms with Crippen molar-refractivity contribution < 1.29 is 4.79 Å². The van der Waals surface area contributed by atoms with Crippen LogP contribution in [-0.4, -0.2) is 23.9 Å². The third-order valence-electron chi connectivity index (χ3n) is 5.52. The highest BCUT2D eigenvalue weighted by Crippen LogP contribution is 2.40. The maximum atomic E-state index is 12.9. The molecule has 1 aliphatic rings. The Morgan fingerprint density at radius 3 is 2.71 bits per heavy atom. The second-order valence-corrected chi connectivity index (χ2v) is 8.30. The standard InChI is InChI=1S/C23H21N3OS/c1-16-13-26(22(27)18-7-3-2-4-8-18)15-23(16,25)21-11-20(14-28-21)19-9-5-6-17(10-19)12-24/h2-11,14,16H,13,15,25H2,1H3. The molecule has 5 heteroatoms. The fourth-order valence-corrected chi connectivity index (χ4v) is 4.91. The van der Waals surface area contributed by atoms with Crippen molar-refractivity contribution in [3.8, 4) is 17.2 Å². The minimum atomic E-state index is -0.569. The van der Waals surface area contributed by atoms with Gasteiger partial charge in [0.25, 0.3) is 5.91 Å². The Morgan fingerprint density at radius 2 is 1.96 bits per heavy atom. The normalized spacial score (nSPS) is 21.5. The molecule has 0 bridgehead atoms. The van der Waals surface area contributed by atoms with Gasteiger partial charge >= 0.3 is 0 Å². The number of amides is 1. The Bertz CT molecular complexity index is 1050. The van der Waals surface area contributed by atoms with Gasteiger partial charge < -0.3 is 10.6 Å². The molecular weight excluding hydrogens is 366 g/mol. The molecular formula is C23H21N3OS. The molecule has 4 rings (SSSR count). The van der Waals surface area contributed by atoms with E-state index in [4.69, 9.17) is 11.0 Å². The van der Waals surface area contributed by atoms with Crippen molar-refractivity contribution in [2.24, 2.45) is 11.7 Å². The summed E-state index contributed by atoms with van der Waals surface area (Å²) in [5.41, 5.74) is 9.67. The van der Waals surface area contributed by atoms with Gasteiger partial charge in [0.2, 0.25) is 0 Å². The van der Waals surface area contributed by atoms with Gasteiger partial charge in [0.05, 0.1) is 17.2 Å². The van der Waals surface area contributed by atoms with E-state index in [-0.39, 0.29) is 11.8 Å². The fraction of sp³-hybridized carbons (Fsp3) is 0.217. The van der Waals surface area contributed by atoms with Crippen molar-refractivity contribution in [2.45, 2.75) is 12.5 Å². The number of carbonyl (C=O) groups excluding carboxylic acids is 1. The summed E-state index contributed by atoms with van der Waals surface area (Å²) < 4.78 is 0. The first kappa shape index (κ1) is 18.4. The quantitative estimate of drug-likeness (QED) is 0.731. The predicted octanol–water partition coefficient (Wildman–Crippen LogP) is 4.23. The Labute approximate surface area is 168 Å². The van der Waals surface area contributed by atoms with Crippen molar-refractivity contribution in [3.05, 3.63) is 82.0 Å². The second kappa shape index (κ2) is 7.23. The highest BCUT2D eigenvalue weighted by molar-refractivity contribution is 7.10. The van der Waals surface area contributed by atoms with E-state index < -0.39 is 5.54 Å². The van der Waals surface area contributed by atoms with Crippen LogP contribution in [0.25, 0.3) is 11.1 Å². The molecule has 28 heavy (non-hydrogen) atoms. The van der Waals surface area contributed by atoms with Crippen LogP contribution in [0.1, 0.15) is 27.7 Å². The largest absolute Gasteiger partial charge is 0.336 e. The zero-order valence-corrected chi connectivity index (χ0v) is 16.4. The molecule has 2 aromatic carbocycles. The smallest absolute Gasteiger partial charge is 0.253 e. The molecule has 1 saturated heterocycles. The Hall–Kier alpha value is -2.94. The van der Waals surface area contributed by atoms with Gasteiger partial charge in [0, 0.05) is 23.5 Å². The number of likely N-dealkylation sites (tertiary alicyclic amines) is 1. The maximum absolute atomic E-state index is 12.9. The van der Waals surface area contributed by atoms with E-state index in [1.807, 2.05) is 53.4 Å². The van der Waals surface area contributed by atoms with Crippen LogP contribution in [0, 0.1) is 17.2 Å². The van der Waals surface area contributed by atoms with Crippen LogP contribution in [-0.2, 0) is 5.54 Å². The zero-order chi connectivity index (χ0) is 19.7. The summed E-state index contributed by atoms with van der Waals surface area (Å²) in [4.78, 5) is 15.8. The molecule has 2 N–H and O–H groups in total. The van der Waals surface area contributed by atoms with Crippen molar-refractivity contribution in [1.82, 2.24) is 4.90 Å². The molecule has 140 valence electrons. The molecule has 3 aromatic rings. The van der Waals surface area contributed by atoms with E-state index in [1.165, 1.54) is 0 Å². The molecule has 2 heterocycles. The number of hydrogen-bond acceptors (Lipinski definition) is 4. The SMILES string of the molecule is CC1CN(C(=O)c2ccccc2)CC1(N)c1cc(-c2cccc(C#N)c2)cs1. The highest BCUT2D eigenvalue weighted by Gasteiger charge is 2.45. The average Bonchev–Trinajstić information content (AvgIpc) is 3.34. The number of hydrogen-bond donors (Lipinski definition) is 1. The van der Waals surface area contributed by atoms with Crippen LogP contribution in [0.2, 0.25) is 0 Å². The monoisotopic (exact) mass is 387 g/mol. The number of nitriles is 1. The molecule has 2 unspecified atom stereocenters. The molecule has 4 nitrogen and oxygen atoms in total. The van der Waals surface area contributed by atoms with Crippen molar-refractivity contribution in [1.29, 1.82) is 5.26 Å². The lowest BCUT2D eigenvalue weighted by molar-refractivity contribution is 0.0782. The van der Waals surface area contributed by atoms with Gasteiger partial charge in [-0.2, -0.15) is 5.26 Å². The molecule has 1 amide bonds. The molecule has 1 fully saturated rings. The minimum absolute atomic E-state index is 0.0262. The molecule has 0 radical (unpaired) electrons. The summed E-state index contributed by atoms with van der Waals surface area (Å²) in [7, 11) is 0. The first-order chi connectivity index (χ1) is 13.5. The number of carbonyl (C=O) groups is 1. The number of rotatable bonds is 3. The van der Waals surface area contributed by atoms with Gasteiger partial charge in [-0.05, 0) is 52.8 Å². The summed E-state index contributed by atoms with van der Waals surface area (Å²) in [6.45, 7) is 3.25. The third-order valence-corrected chi connectivity index (χ3v) is 6.64. The summed E-state index contributed by atoms with van der Waals surface area (Å²) >= 11 is 1.62. The summed E-state index contributed by atoms with van der Waals surface area (Å²) in [5, 5.41) is 11.2. The summed E-state index contributed by atoms with van der Waals surface area (Å²) in [6.07, 6.45) is 0. The van der Waals surface area contributed by atoms with Crippen LogP contribution < -0.4 is 5.73 Å². The first-order valence-electron chi connectivity index (χ1n) is 9.24. The van der Waals surface area contributed by atoms with Crippen LogP contribution >= 0.6 is 11.3 Å². The van der Waals surface area contributed by atoms with Crippen molar-refractivity contribution in [3.63, 3.8) is 0 Å². The molecule has 0 saturated carbocycles. The lowest BCUT2D eigenvalue weighted by atomic mass is 9.87. The summed E-state index contributed by atoms with van der Waals surface area (Å²) in [5.74, 6) is 0.176. The predicted molar refractivity (Wildman–Crippen MR) is 112 cm³/mol. The molecule has 2 atom stereocenters. The molecule has 0 aliphatic carbocycles. The number of nitrogens with two attached hydrogens (primary N) is 1. The minimum Gasteiger partial charge on any atom is -0.336 e. The van der Waals surface area contributed by atoms with Gasteiger partial charge in [-0.1, -0.05) is 37.3 Å². The van der Waals surface area contributed by atoms with Gasteiger partial charge in [0.15, 0.2) is 0 Å². The molecule has 1 aliphatic heterocycles. The van der Waals surface area contributed by atoms with Gasteiger partial charge in [-0.25, -0.2) is 0 Å². The second-order valence-electron chi connectivity index (χ2n) is 7.39. The van der Waals surface area contributed by atoms with Crippen molar-refractivity contribution in [2.75, 3.05) is 13.1 Å². The lowest BCUT2D eigenvalue weighted by Crippen LogP contribution is -2.43. The van der Waals surface area contributed by atoms with Crippen LogP contribution in [0.3, 0.4) is 0 Å². The maximum Gasteiger partial charge on any atom is 0.253 e. The zero-order valence-electron chi connectivity index (χ0n) is 15.6. The highest BCUT2D eigenvalue weighted by atomic mass is 32.1. The van der Waals surface area contributed by atoms with E-state index >= 15 is 0 Å². The van der Waals surface area contributed by atoms with E-state index in [1.54, 1.807) is 17.4 Å². The number of thiophene rings is 1. The number of nitrogens with zero attached hydrogens (tertiary/aromatic N) is 2. The average molecular weight is 388 g/mol. The third kappa shape index (κ3) is 3.22. The van der Waals surface area contributed by atoms with Crippen LogP contribution in [0.5, 0.6) is 0 Å². The van der Waals surface area contributed by atoms with E-state index in [2.05, 4.69) is 24.4 Å². The van der Waals surface area contributed by atoms with Crippen LogP contribution in [0.4, 0.5) is 0 Å². The Balaban J connectivity index is 1.60. The van der Waals surface area contributed by atoms with E-state index in [0.29, 0.717) is 24.2 Å². The lowest BCUT2D eigenvalue weighted by Gasteiger charge is -2.27. The van der Waals surface area contributed by atoms with Crippen molar-refractivity contribution >= 4 is 17.2 Å². The number of benzene rings is 2. The van der Waals surface area contributed by atoms with Gasteiger partial charge in [-0.3, -0.25) is 4.79 Å². The Morgan fingerprint density at radius 1 is 1.18 bits per heavy atom. The fourth-order valence-electron chi connectivity index (χ4n) is 3.77. The summed E-state index contributed by atoms with van der Waals surface area (Å²) in [6, 6.07) is 21.2. The van der Waals surface area contributed by atoms with Gasteiger partial charge in [-0.15, -0.1) is 11.3 Å². The van der Waals surface area contributed by atoms with Gasteiger partial charge in [0.1, 0.15) is 0 Å². The Kier molecular flexibility index (Phi) is 4.76. The first-order valence-corrected chi connectivity index (χ1v) is 10.1. The van der Waals surface area contributed by atoms with E-state index in [9.17, 15) is 4.79 Å². The van der Waals surface area contributed by atoms with Crippen LogP contribution in [0.15, 0.2) is 66.0 Å². The molecule has 0 spiro atoms. The van der Waals surface area contributed by atoms with E-state index in [0.717, 1.165) is 16.0 Å².